The summed E-state index contributed by atoms with van der Waals surface area (Å²) in [5.41, 5.74) is 2.92. The van der Waals surface area contributed by atoms with E-state index in [9.17, 15) is 0 Å². The standard InChI is InChI=1S/C17H11ClN4S/c18-13-10-12(6-7-19-13)17-22-14(11-4-2-1-3-5-11)15(23-17)16-20-8-9-21-16/h1-10H,(H,20,21). The molecule has 4 aromatic rings. The van der Waals surface area contributed by atoms with Crippen LogP contribution in [0, 0.1) is 0 Å². The Morgan fingerprint density at radius 2 is 1.83 bits per heavy atom. The highest BCUT2D eigenvalue weighted by Gasteiger charge is 2.17. The number of thiazole rings is 1. The van der Waals surface area contributed by atoms with E-state index in [0.717, 1.165) is 32.5 Å². The fourth-order valence-electron chi connectivity index (χ4n) is 2.32. The van der Waals surface area contributed by atoms with Crippen LogP contribution in [0.5, 0.6) is 0 Å². The van der Waals surface area contributed by atoms with Crippen molar-refractivity contribution in [1.82, 2.24) is 19.9 Å². The minimum absolute atomic E-state index is 0.457. The average Bonchev–Trinajstić information content (AvgIpc) is 3.25. The Bertz CT molecular complexity index is 932. The largest absolute Gasteiger partial charge is 0.344 e. The Kier molecular flexibility index (Phi) is 3.65. The summed E-state index contributed by atoms with van der Waals surface area (Å²) in [7, 11) is 0. The number of aromatic nitrogens is 4. The van der Waals surface area contributed by atoms with Gasteiger partial charge >= 0.3 is 0 Å². The molecule has 112 valence electrons. The van der Waals surface area contributed by atoms with Gasteiger partial charge in [0, 0.05) is 29.7 Å². The monoisotopic (exact) mass is 338 g/mol. The molecule has 0 bridgehead atoms. The summed E-state index contributed by atoms with van der Waals surface area (Å²) in [5, 5.41) is 1.35. The first-order chi connectivity index (χ1) is 11.3. The van der Waals surface area contributed by atoms with Gasteiger partial charge in [-0.1, -0.05) is 41.9 Å². The molecule has 0 unspecified atom stereocenters. The molecule has 23 heavy (non-hydrogen) atoms. The minimum Gasteiger partial charge on any atom is -0.344 e. The molecule has 4 nitrogen and oxygen atoms in total. The van der Waals surface area contributed by atoms with Crippen LogP contribution in [0.3, 0.4) is 0 Å². The van der Waals surface area contributed by atoms with E-state index >= 15 is 0 Å². The van der Waals surface area contributed by atoms with Gasteiger partial charge in [-0.3, -0.25) is 0 Å². The molecule has 6 heteroatoms. The lowest BCUT2D eigenvalue weighted by molar-refractivity contribution is 1.30. The fourth-order valence-corrected chi connectivity index (χ4v) is 3.54. The van der Waals surface area contributed by atoms with Gasteiger partial charge in [-0.15, -0.1) is 11.3 Å². The summed E-state index contributed by atoms with van der Waals surface area (Å²) in [4.78, 5) is 17.4. The van der Waals surface area contributed by atoms with Crippen molar-refractivity contribution in [1.29, 1.82) is 0 Å². The van der Waals surface area contributed by atoms with Gasteiger partial charge in [0.1, 0.15) is 16.0 Å². The molecule has 0 saturated heterocycles. The van der Waals surface area contributed by atoms with Crippen LogP contribution < -0.4 is 0 Å². The third-order valence-electron chi connectivity index (χ3n) is 3.36. The zero-order valence-corrected chi connectivity index (χ0v) is 13.5. The van der Waals surface area contributed by atoms with E-state index < -0.39 is 0 Å². The molecule has 0 aliphatic rings. The first kappa shape index (κ1) is 14.1. The molecule has 0 saturated carbocycles. The molecule has 0 aliphatic carbocycles. The SMILES string of the molecule is Clc1cc(-c2nc(-c3ccccc3)c(-c3ncc[nH]3)s2)ccn1. The summed E-state index contributed by atoms with van der Waals surface area (Å²) < 4.78 is 0. The first-order valence-corrected chi connectivity index (χ1v) is 8.18. The third kappa shape index (κ3) is 2.76. The summed E-state index contributed by atoms with van der Waals surface area (Å²) in [6.07, 6.45) is 5.24. The number of hydrogen-bond acceptors (Lipinski definition) is 4. The fraction of sp³-hybridized carbons (Fsp3) is 0. The molecule has 0 aliphatic heterocycles. The van der Waals surface area contributed by atoms with Gasteiger partial charge in [-0.2, -0.15) is 0 Å². The molecular weight excluding hydrogens is 328 g/mol. The van der Waals surface area contributed by atoms with Gasteiger partial charge in [0.2, 0.25) is 0 Å². The van der Waals surface area contributed by atoms with E-state index in [2.05, 4.69) is 15.0 Å². The van der Waals surface area contributed by atoms with Crippen LogP contribution in [-0.2, 0) is 0 Å². The van der Waals surface area contributed by atoms with E-state index in [1.165, 1.54) is 0 Å². The Labute approximate surface area is 141 Å². The first-order valence-electron chi connectivity index (χ1n) is 6.99. The van der Waals surface area contributed by atoms with Crippen LogP contribution in [0.4, 0.5) is 0 Å². The number of rotatable bonds is 3. The zero-order chi connectivity index (χ0) is 15.6. The highest BCUT2D eigenvalue weighted by atomic mass is 35.5. The topological polar surface area (TPSA) is 54.5 Å². The molecule has 0 radical (unpaired) electrons. The molecule has 0 spiro atoms. The lowest BCUT2D eigenvalue weighted by Gasteiger charge is -1.99. The maximum Gasteiger partial charge on any atom is 0.149 e. The van der Waals surface area contributed by atoms with E-state index in [4.69, 9.17) is 16.6 Å². The molecule has 1 N–H and O–H groups in total. The van der Waals surface area contributed by atoms with Gasteiger partial charge in [0.25, 0.3) is 0 Å². The number of H-pyrrole nitrogens is 1. The number of nitrogens with zero attached hydrogens (tertiary/aromatic N) is 3. The number of aromatic amines is 1. The smallest absolute Gasteiger partial charge is 0.149 e. The van der Waals surface area contributed by atoms with Gasteiger partial charge in [-0.05, 0) is 12.1 Å². The van der Waals surface area contributed by atoms with Gasteiger partial charge in [0.05, 0.1) is 10.6 Å². The van der Waals surface area contributed by atoms with E-state index in [1.54, 1.807) is 23.7 Å². The van der Waals surface area contributed by atoms with Crippen LogP contribution in [-0.4, -0.2) is 19.9 Å². The maximum atomic E-state index is 6.01. The normalized spacial score (nSPS) is 10.8. The number of pyridine rings is 1. The van der Waals surface area contributed by atoms with Crippen molar-refractivity contribution in [3.05, 3.63) is 66.2 Å². The van der Waals surface area contributed by atoms with Gasteiger partial charge in [0.15, 0.2) is 0 Å². The van der Waals surface area contributed by atoms with Crippen LogP contribution in [0.1, 0.15) is 0 Å². The van der Waals surface area contributed by atoms with Crippen molar-refractivity contribution in [2.75, 3.05) is 0 Å². The van der Waals surface area contributed by atoms with Crippen LogP contribution in [0.2, 0.25) is 5.15 Å². The summed E-state index contributed by atoms with van der Waals surface area (Å²) in [5.74, 6) is 0.813. The Morgan fingerprint density at radius 3 is 2.57 bits per heavy atom. The van der Waals surface area contributed by atoms with Crippen molar-refractivity contribution < 1.29 is 0 Å². The molecule has 0 atom stereocenters. The Hall–Kier alpha value is -2.50. The van der Waals surface area contributed by atoms with Crippen molar-refractivity contribution in [3.8, 4) is 32.5 Å². The van der Waals surface area contributed by atoms with Gasteiger partial charge < -0.3 is 4.98 Å². The predicted octanol–water partition coefficient (Wildman–Crippen LogP) is 4.92. The number of hydrogen-bond donors (Lipinski definition) is 1. The van der Waals surface area contributed by atoms with Crippen LogP contribution in [0.15, 0.2) is 61.1 Å². The molecule has 0 fully saturated rings. The van der Waals surface area contributed by atoms with Crippen molar-refractivity contribution in [3.63, 3.8) is 0 Å². The molecule has 3 heterocycles. The second-order valence-electron chi connectivity index (χ2n) is 4.87. The summed E-state index contributed by atoms with van der Waals surface area (Å²) in [6.45, 7) is 0. The molecular formula is C17H11ClN4S. The maximum absolute atomic E-state index is 6.01. The molecule has 3 aromatic heterocycles. The van der Waals surface area contributed by atoms with Crippen LogP contribution >= 0.6 is 22.9 Å². The third-order valence-corrected chi connectivity index (χ3v) is 4.68. The van der Waals surface area contributed by atoms with E-state index in [0.29, 0.717) is 5.15 Å². The quantitative estimate of drug-likeness (QED) is 0.540. The lowest BCUT2D eigenvalue weighted by atomic mass is 10.1. The predicted molar refractivity (Wildman–Crippen MR) is 93.4 cm³/mol. The molecule has 1 aromatic carbocycles. The Balaban J connectivity index is 1.91. The second kappa shape index (κ2) is 5.95. The number of benzene rings is 1. The highest BCUT2D eigenvalue weighted by molar-refractivity contribution is 7.18. The summed E-state index contributed by atoms with van der Waals surface area (Å²) >= 11 is 7.59. The summed E-state index contributed by atoms with van der Waals surface area (Å²) in [6, 6.07) is 13.8. The van der Waals surface area contributed by atoms with E-state index in [-0.39, 0.29) is 0 Å². The van der Waals surface area contributed by atoms with Crippen molar-refractivity contribution in [2.24, 2.45) is 0 Å². The van der Waals surface area contributed by atoms with Crippen molar-refractivity contribution in [2.45, 2.75) is 0 Å². The molecule has 4 rings (SSSR count). The van der Waals surface area contributed by atoms with Gasteiger partial charge in [-0.25, -0.2) is 15.0 Å². The number of halogens is 1. The number of imidazole rings is 1. The van der Waals surface area contributed by atoms with Crippen molar-refractivity contribution >= 4 is 22.9 Å². The van der Waals surface area contributed by atoms with E-state index in [1.807, 2.05) is 48.7 Å². The zero-order valence-electron chi connectivity index (χ0n) is 11.9. The second-order valence-corrected chi connectivity index (χ2v) is 6.25. The minimum atomic E-state index is 0.457. The number of nitrogens with one attached hydrogen (secondary N) is 1. The highest BCUT2D eigenvalue weighted by Crippen LogP contribution is 2.39. The lowest BCUT2D eigenvalue weighted by Crippen LogP contribution is -1.84. The molecule has 0 amide bonds. The van der Waals surface area contributed by atoms with Crippen LogP contribution in [0.25, 0.3) is 32.5 Å². The average molecular weight is 339 g/mol. The Morgan fingerprint density at radius 1 is 0.957 bits per heavy atom.